The summed E-state index contributed by atoms with van der Waals surface area (Å²) < 4.78 is 38.3. The van der Waals surface area contributed by atoms with Gasteiger partial charge >= 0.3 is 6.18 Å². The van der Waals surface area contributed by atoms with Crippen molar-refractivity contribution in [2.24, 2.45) is 0 Å². The Morgan fingerprint density at radius 2 is 2.05 bits per heavy atom. The summed E-state index contributed by atoms with van der Waals surface area (Å²) in [6, 6.07) is 0.450. The predicted molar refractivity (Wildman–Crippen MR) is 68.2 cm³/mol. The first-order chi connectivity index (χ1) is 8.96. The Morgan fingerprint density at radius 1 is 1.37 bits per heavy atom. The number of imidazole rings is 1. The molecule has 0 atom stereocenters. The molecule has 1 N–H and O–H groups in total. The highest BCUT2D eigenvalue weighted by Crippen LogP contribution is 2.32. The van der Waals surface area contributed by atoms with Crippen molar-refractivity contribution in [2.45, 2.75) is 57.7 Å². The lowest BCUT2D eigenvalue weighted by atomic mass is 10.2. The highest BCUT2D eigenvalue weighted by Gasteiger charge is 2.26. The number of aromatic nitrogens is 2. The second kappa shape index (κ2) is 5.84. The number of aryl methyl sites for hydroxylation is 1. The van der Waals surface area contributed by atoms with E-state index >= 15 is 0 Å². The van der Waals surface area contributed by atoms with Gasteiger partial charge in [0.05, 0.1) is 5.69 Å². The zero-order chi connectivity index (χ0) is 13.9. The average Bonchev–Trinajstić information content (AvgIpc) is 2.91. The molecule has 1 aliphatic rings. The van der Waals surface area contributed by atoms with Crippen molar-refractivity contribution in [1.82, 2.24) is 9.55 Å². The summed E-state index contributed by atoms with van der Waals surface area (Å²) in [4.78, 5) is 4.36. The number of nitrogens with zero attached hydrogens (tertiary/aromatic N) is 2. The van der Waals surface area contributed by atoms with Crippen molar-refractivity contribution < 1.29 is 13.2 Å². The fourth-order valence-electron chi connectivity index (χ4n) is 2.60. The number of rotatable bonds is 5. The third-order valence-corrected chi connectivity index (χ3v) is 3.49. The van der Waals surface area contributed by atoms with Crippen LogP contribution in [0.25, 0.3) is 0 Å². The van der Waals surface area contributed by atoms with E-state index < -0.39 is 12.6 Å². The summed E-state index contributed by atoms with van der Waals surface area (Å²) in [6.45, 7) is 2.22. The van der Waals surface area contributed by atoms with Crippen LogP contribution in [0.1, 0.15) is 50.3 Å². The molecule has 0 spiro atoms. The molecular formula is C13H20F3N3. The van der Waals surface area contributed by atoms with Gasteiger partial charge in [0.25, 0.3) is 0 Å². The lowest BCUT2D eigenvalue weighted by Crippen LogP contribution is -2.14. The molecule has 2 rings (SSSR count). The van der Waals surface area contributed by atoms with Gasteiger partial charge in [-0.15, -0.1) is 0 Å². The summed E-state index contributed by atoms with van der Waals surface area (Å²) in [5.74, 6) is 0.714. The van der Waals surface area contributed by atoms with E-state index in [9.17, 15) is 13.2 Å². The third kappa shape index (κ3) is 4.14. The van der Waals surface area contributed by atoms with Crippen LogP contribution >= 0.6 is 0 Å². The maximum absolute atomic E-state index is 12.1. The van der Waals surface area contributed by atoms with Gasteiger partial charge in [0.15, 0.2) is 0 Å². The first-order valence-corrected chi connectivity index (χ1v) is 6.82. The summed E-state index contributed by atoms with van der Waals surface area (Å²) >= 11 is 0. The summed E-state index contributed by atoms with van der Waals surface area (Å²) in [7, 11) is 0. The summed E-state index contributed by atoms with van der Waals surface area (Å²) in [6.07, 6.45) is 1.95. The fourth-order valence-corrected chi connectivity index (χ4v) is 2.60. The molecule has 108 valence electrons. The van der Waals surface area contributed by atoms with E-state index in [1.807, 2.05) is 13.1 Å². The molecule has 1 aliphatic carbocycles. The Morgan fingerprint density at radius 3 is 2.68 bits per heavy atom. The van der Waals surface area contributed by atoms with Gasteiger partial charge in [0.2, 0.25) is 5.95 Å². The number of halogens is 3. The minimum absolute atomic E-state index is 0.0834. The van der Waals surface area contributed by atoms with Crippen LogP contribution in [0.4, 0.5) is 19.1 Å². The summed E-state index contributed by atoms with van der Waals surface area (Å²) in [5, 5.41) is 3.04. The molecule has 0 radical (unpaired) electrons. The fraction of sp³-hybridized carbons (Fsp3) is 0.769. The van der Waals surface area contributed by atoms with Crippen LogP contribution in [0.2, 0.25) is 0 Å². The lowest BCUT2D eigenvalue weighted by Gasteiger charge is -2.15. The van der Waals surface area contributed by atoms with E-state index in [1.54, 1.807) is 0 Å². The zero-order valence-electron chi connectivity index (χ0n) is 11.1. The molecule has 1 fully saturated rings. The Balaban J connectivity index is 1.89. The quantitative estimate of drug-likeness (QED) is 0.821. The van der Waals surface area contributed by atoms with Crippen LogP contribution in [0.15, 0.2) is 6.20 Å². The number of anilines is 1. The molecule has 3 nitrogen and oxygen atoms in total. The normalized spacial score (nSPS) is 17.1. The van der Waals surface area contributed by atoms with Crippen molar-refractivity contribution in [2.75, 3.05) is 11.9 Å². The maximum atomic E-state index is 12.1. The van der Waals surface area contributed by atoms with E-state index in [-0.39, 0.29) is 6.42 Å². The lowest BCUT2D eigenvalue weighted by molar-refractivity contribution is -0.134. The van der Waals surface area contributed by atoms with Gasteiger partial charge in [0, 0.05) is 25.2 Å². The molecule has 0 aliphatic heterocycles. The molecule has 1 heterocycles. The highest BCUT2D eigenvalue weighted by molar-refractivity contribution is 5.29. The van der Waals surface area contributed by atoms with Crippen LogP contribution in [0.5, 0.6) is 0 Å². The average molecular weight is 275 g/mol. The van der Waals surface area contributed by atoms with Crippen LogP contribution < -0.4 is 5.32 Å². The number of hydrogen-bond donors (Lipinski definition) is 1. The summed E-state index contributed by atoms with van der Waals surface area (Å²) in [5.41, 5.74) is 0.908. The minimum Gasteiger partial charge on any atom is -0.356 e. The molecule has 1 aromatic rings. The zero-order valence-corrected chi connectivity index (χ0v) is 11.1. The molecular weight excluding hydrogens is 255 g/mol. The maximum Gasteiger partial charge on any atom is 0.389 e. The van der Waals surface area contributed by atoms with E-state index in [1.165, 1.54) is 12.8 Å². The molecule has 0 saturated heterocycles. The first-order valence-electron chi connectivity index (χ1n) is 6.82. The molecule has 6 heteroatoms. The van der Waals surface area contributed by atoms with Crippen molar-refractivity contribution in [1.29, 1.82) is 0 Å². The van der Waals surface area contributed by atoms with Gasteiger partial charge in [-0.3, -0.25) is 0 Å². The largest absolute Gasteiger partial charge is 0.389 e. The van der Waals surface area contributed by atoms with Crippen LogP contribution in [0, 0.1) is 6.92 Å². The Hall–Kier alpha value is -1.20. The second-order valence-corrected chi connectivity index (χ2v) is 5.20. The standard InChI is InChI=1S/C13H20F3N3/c1-10-9-19(11-5-2-3-6-11)12(18-10)17-8-4-7-13(14,15)16/h9,11H,2-8H2,1H3,(H,17,18). The molecule has 1 aromatic heterocycles. The van der Waals surface area contributed by atoms with Crippen molar-refractivity contribution >= 4 is 5.95 Å². The van der Waals surface area contributed by atoms with Crippen LogP contribution in [-0.4, -0.2) is 22.3 Å². The Bertz CT molecular complexity index is 406. The van der Waals surface area contributed by atoms with Crippen LogP contribution in [0.3, 0.4) is 0 Å². The van der Waals surface area contributed by atoms with Crippen molar-refractivity contribution in [3.8, 4) is 0 Å². The molecule has 0 bridgehead atoms. The SMILES string of the molecule is Cc1cn(C2CCCC2)c(NCCCC(F)(F)F)n1. The molecule has 19 heavy (non-hydrogen) atoms. The predicted octanol–water partition coefficient (Wildman–Crippen LogP) is 4.06. The highest BCUT2D eigenvalue weighted by atomic mass is 19.4. The van der Waals surface area contributed by atoms with Crippen LogP contribution in [-0.2, 0) is 0 Å². The number of hydrogen-bond acceptors (Lipinski definition) is 2. The van der Waals surface area contributed by atoms with Crippen molar-refractivity contribution in [3.05, 3.63) is 11.9 Å². The van der Waals surface area contributed by atoms with Gasteiger partial charge in [-0.05, 0) is 26.2 Å². The van der Waals surface area contributed by atoms with Gasteiger partial charge < -0.3 is 9.88 Å². The smallest absolute Gasteiger partial charge is 0.356 e. The van der Waals surface area contributed by atoms with Gasteiger partial charge in [-0.1, -0.05) is 12.8 Å². The Kier molecular flexibility index (Phi) is 4.37. The molecule has 0 unspecified atom stereocenters. The third-order valence-electron chi connectivity index (χ3n) is 3.49. The molecule has 0 aromatic carbocycles. The van der Waals surface area contributed by atoms with E-state index in [4.69, 9.17) is 0 Å². The number of nitrogens with one attached hydrogen (secondary N) is 1. The van der Waals surface area contributed by atoms with E-state index in [2.05, 4.69) is 14.9 Å². The second-order valence-electron chi connectivity index (χ2n) is 5.20. The van der Waals surface area contributed by atoms with E-state index in [0.29, 0.717) is 18.5 Å². The monoisotopic (exact) mass is 275 g/mol. The van der Waals surface area contributed by atoms with E-state index in [0.717, 1.165) is 18.5 Å². The first kappa shape index (κ1) is 14.2. The van der Waals surface area contributed by atoms with Gasteiger partial charge in [-0.25, -0.2) is 4.98 Å². The van der Waals surface area contributed by atoms with Crippen molar-refractivity contribution in [3.63, 3.8) is 0 Å². The molecule has 1 saturated carbocycles. The Labute approximate surface area is 111 Å². The topological polar surface area (TPSA) is 29.9 Å². The number of alkyl halides is 3. The molecule has 0 amide bonds. The minimum atomic E-state index is -4.07. The van der Waals surface area contributed by atoms with Gasteiger partial charge in [0.1, 0.15) is 0 Å². The van der Waals surface area contributed by atoms with Gasteiger partial charge in [-0.2, -0.15) is 13.2 Å².